The van der Waals surface area contributed by atoms with Crippen LogP contribution < -0.4 is 10.1 Å². The van der Waals surface area contributed by atoms with E-state index < -0.39 is 0 Å². The fourth-order valence-corrected chi connectivity index (χ4v) is 2.11. The molecule has 118 valence electrons. The number of carbonyl (C=O) groups excluding carboxylic acids is 1. The number of carbonyl (C=O) groups is 1. The summed E-state index contributed by atoms with van der Waals surface area (Å²) in [7, 11) is 0. The monoisotopic (exact) mass is 311 g/mol. The third-order valence-corrected chi connectivity index (χ3v) is 3.20. The molecule has 7 heteroatoms. The van der Waals surface area contributed by atoms with E-state index >= 15 is 0 Å². The first-order chi connectivity index (χ1) is 11.3. The van der Waals surface area contributed by atoms with E-state index in [-0.39, 0.29) is 11.6 Å². The Labute approximate surface area is 133 Å². The maximum Gasteiger partial charge on any atom is 0.274 e. The summed E-state index contributed by atoms with van der Waals surface area (Å²) in [5.74, 6) is 0.845. The molecule has 0 radical (unpaired) electrons. The zero-order valence-corrected chi connectivity index (χ0v) is 12.8. The summed E-state index contributed by atoms with van der Waals surface area (Å²) >= 11 is 0. The van der Waals surface area contributed by atoms with Crippen LogP contribution in [0.4, 0.5) is 0 Å². The topological polar surface area (TPSA) is 81.4 Å². The van der Waals surface area contributed by atoms with Crippen molar-refractivity contribution in [3.63, 3.8) is 0 Å². The lowest BCUT2D eigenvalue weighted by molar-refractivity contribution is 0.0941. The van der Waals surface area contributed by atoms with Crippen molar-refractivity contribution in [2.45, 2.75) is 19.9 Å². The fraction of sp³-hybridized carbons (Fsp3) is 0.250. The lowest BCUT2D eigenvalue weighted by Crippen LogP contribution is -2.24. The summed E-state index contributed by atoms with van der Waals surface area (Å²) in [6.45, 7) is 2.91. The Hall–Kier alpha value is -2.96. The van der Waals surface area contributed by atoms with Crippen molar-refractivity contribution in [3.8, 4) is 5.75 Å². The molecule has 0 aliphatic carbocycles. The van der Waals surface area contributed by atoms with Crippen LogP contribution in [0.2, 0.25) is 0 Å². The highest BCUT2D eigenvalue weighted by Gasteiger charge is 2.13. The van der Waals surface area contributed by atoms with Gasteiger partial charge in [-0.25, -0.2) is 15.0 Å². The number of amides is 1. The lowest BCUT2D eigenvalue weighted by Gasteiger charge is -2.10. The van der Waals surface area contributed by atoms with E-state index in [9.17, 15) is 4.79 Å². The van der Waals surface area contributed by atoms with E-state index in [1.165, 1.54) is 0 Å². The highest BCUT2D eigenvalue weighted by molar-refractivity contribution is 5.94. The Morgan fingerprint density at radius 3 is 3.09 bits per heavy atom. The number of pyridine rings is 1. The van der Waals surface area contributed by atoms with Gasteiger partial charge in [-0.15, -0.1) is 0 Å². The van der Waals surface area contributed by atoms with Crippen LogP contribution in [0.5, 0.6) is 5.75 Å². The molecule has 0 unspecified atom stereocenters. The van der Waals surface area contributed by atoms with Gasteiger partial charge in [0.15, 0.2) is 11.4 Å². The third-order valence-electron chi connectivity index (χ3n) is 3.20. The van der Waals surface area contributed by atoms with Gasteiger partial charge in [0.05, 0.1) is 6.61 Å². The van der Waals surface area contributed by atoms with Crippen molar-refractivity contribution in [1.82, 2.24) is 24.7 Å². The Kier molecular flexibility index (Phi) is 4.46. The number of nitrogens with one attached hydrogen (secondary N) is 1. The standard InChI is InChI=1S/C16H17N5O2/c1-2-8-23-13-4-3-5-17-14(13)15(22)19-9-12-10-20-16-18-6-7-21(16)11-12/h3-7,10-11H,2,8-9H2,1H3,(H,19,22). The van der Waals surface area contributed by atoms with Gasteiger partial charge in [-0.3, -0.25) is 9.20 Å². The zero-order chi connectivity index (χ0) is 16.1. The molecule has 0 aliphatic heterocycles. The molecule has 0 atom stereocenters. The molecule has 0 saturated carbocycles. The van der Waals surface area contributed by atoms with Crippen molar-refractivity contribution >= 4 is 11.7 Å². The van der Waals surface area contributed by atoms with Crippen molar-refractivity contribution < 1.29 is 9.53 Å². The largest absolute Gasteiger partial charge is 0.491 e. The average Bonchev–Trinajstić information content (AvgIpc) is 3.05. The van der Waals surface area contributed by atoms with Crippen molar-refractivity contribution in [2.24, 2.45) is 0 Å². The van der Waals surface area contributed by atoms with Crippen molar-refractivity contribution in [1.29, 1.82) is 0 Å². The van der Waals surface area contributed by atoms with Crippen LogP contribution in [-0.2, 0) is 6.54 Å². The number of imidazole rings is 1. The van der Waals surface area contributed by atoms with Gasteiger partial charge < -0.3 is 10.1 Å². The Bertz CT molecular complexity index is 815. The molecule has 3 heterocycles. The first-order valence-corrected chi connectivity index (χ1v) is 7.41. The zero-order valence-electron chi connectivity index (χ0n) is 12.8. The van der Waals surface area contributed by atoms with Gasteiger partial charge in [-0.2, -0.15) is 0 Å². The number of aromatic nitrogens is 4. The third kappa shape index (κ3) is 3.45. The van der Waals surface area contributed by atoms with Gasteiger partial charge in [0.1, 0.15) is 0 Å². The summed E-state index contributed by atoms with van der Waals surface area (Å²) in [5, 5.41) is 2.83. The van der Waals surface area contributed by atoms with Gasteiger partial charge in [-0.05, 0) is 18.6 Å². The number of ether oxygens (including phenoxy) is 1. The molecular formula is C16H17N5O2. The normalized spacial score (nSPS) is 10.7. The predicted molar refractivity (Wildman–Crippen MR) is 84.2 cm³/mol. The van der Waals surface area contributed by atoms with Crippen LogP contribution in [0.15, 0.2) is 43.1 Å². The smallest absolute Gasteiger partial charge is 0.274 e. The van der Waals surface area contributed by atoms with Gasteiger partial charge in [-0.1, -0.05) is 6.92 Å². The fourth-order valence-electron chi connectivity index (χ4n) is 2.11. The number of rotatable bonds is 6. The van der Waals surface area contributed by atoms with Crippen LogP contribution in [0.3, 0.4) is 0 Å². The number of nitrogens with zero attached hydrogens (tertiary/aromatic N) is 4. The van der Waals surface area contributed by atoms with E-state index in [2.05, 4.69) is 20.3 Å². The Balaban J connectivity index is 1.69. The van der Waals surface area contributed by atoms with E-state index in [1.807, 2.05) is 19.3 Å². The SMILES string of the molecule is CCCOc1cccnc1C(=O)NCc1cnc2nccn2c1. The molecule has 1 N–H and O–H groups in total. The molecule has 7 nitrogen and oxygen atoms in total. The number of hydrogen-bond acceptors (Lipinski definition) is 5. The minimum atomic E-state index is -0.276. The van der Waals surface area contributed by atoms with Crippen LogP contribution in [0.1, 0.15) is 29.4 Å². The molecule has 0 aliphatic rings. The van der Waals surface area contributed by atoms with Gasteiger partial charge in [0, 0.05) is 43.1 Å². The average molecular weight is 311 g/mol. The molecule has 0 bridgehead atoms. The summed E-state index contributed by atoms with van der Waals surface area (Å²) in [6.07, 6.45) is 9.50. The second kappa shape index (κ2) is 6.87. The molecule has 3 rings (SSSR count). The molecule has 1 amide bonds. The summed E-state index contributed by atoms with van der Waals surface area (Å²) in [6, 6.07) is 3.50. The minimum Gasteiger partial charge on any atom is -0.491 e. The maximum atomic E-state index is 12.3. The van der Waals surface area contributed by atoms with Crippen molar-refractivity contribution in [2.75, 3.05) is 6.61 Å². The highest BCUT2D eigenvalue weighted by atomic mass is 16.5. The van der Waals surface area contributed by atoms with Crippen LogP contribution >= 0.6 is 0 Å². The predicted octanol–water partition coefficient (Wildman–Crippen LogP) is 1.84. The molecule has 0 aromatic carbocycles. The summed E-state index contributed by atoms with van der Waals surface area (Å²) < 4.78 is 7.36. The second-order valence-corrected chi connectivity index (χ2v) is 4.98. The quantitative estimate of drug-likeness (QED) is 0.751. The molecule has 0 saturated heterocycles. The van der Waals surface area contributed by atoms with Crippen LogP contribution in [0.25, 0.3) is 5.78 Å². The Morgan fingerprint density at radius 2 is 2.22 bits per heavy atom. The van der Waals surface area contributed by atoms with E-state index in [4.69, 9.17) is 4.74 Å². The first-order valence-electron chi connectivity index (χ1n) is 7.41. The van der Waals surface area contributed by atoms with Crippen LogP contribution in [-0.4, -0.2) is 31.9 Å². The molecule has 23 heavy (non-hydrogen) atoms. The minimum absolute atomic E-state index is 0.276. The molecule has 0 spiro atoms. The highest BCUT2D eigenvalue weighted by Crippen LogP contribution is 2.15. The molecule has 0 fully saturated rings. The summed E-state index contributed by atoms with van der Waals surface area (Å²) in [5.41, 5.74) is 1.16. The van der Waals surface area contributed by atoms with Crippen LogP contribution in [0, 0.1) is 0 Å². The van der Waals surface area contributed by atoms with E-state index in [1.54, 1.807) is 35.1 Å². The molecule has 3 aromatic heterocycles. The van der Waals surface area contributed by atoms with Gasteiger partial charge in [0.2, 0.25) is 5.78 Å². The number of fused-ring (bicyclic) bond motifs is 1. The lowest BCUT2D eigenvalue weighted by atomic mass is 10.3. The van der Waals surface area contributed by atoms with Gasteiger partial charge >= 0.3 is 0 Å². The first kappa shape index (κ1) is 15.0. The maximum absolute atomic E-state index is 12.3. The number of hydrogen-bond donors (Lipinski definition) is 1. The second-order valence-electron chi connectivity index (χ2n) is 4.98. The molecular weight excluding hydrogens is 294 g/mol. The Morgan fingerprint density at radius 1 is 1.30 bits per heavy atom. The van der Waals surface area contributed by atoms with Crippen molar-refractivity contribution in [3.05, 3.63) is 54.4 Å². The molecule has 3 aromatic rings. The summed E-state index contributed by atoms with van der Waals surface area (Å²) in [4.78, 5) is 24.7. The van der Waals surface area contributed by atoms with Gasteiger partial charge in [0.25, 0.3) is 5.91 Å². The van der Waals surface area contributed by atoms with E-state index in [0.717, 1.165) is 12.0 Å². The van der Waals surface area contributed by atoms with E-state index in [0.29, 0.717) is 24.7 Å².